The van der Waals surface area contributed by atoms with Crippen LogP contribution in [0, 0.1) is 6.92 Å². The van der Waals surface area contributed by atoms with Gasteiger partial charge < -0.3 is 15.4 Å². The molecule has 2 aromatic carbocycles. The first-order valence-electron chi connectivity index (χ1n) is 8.80. The van der Waals surface area contributed by atoms with Crippen molar-refractivity contribution in [1.82, 2.24) is 10.3 Å². The van der Waals surface area contributed by atoms with Crippen molar-refractivity contribution >= 4 is 23.3 Å². The van der Waals surface area contributed by atoms with E-state index in [1.165, 1.54) is 13.3 Å². The summed E-state index contributed by atoms with van der Waals surface area (Å²) in [4.78, 5) is 28.3. The van der Waals surface area contributed by atoms with E-state index in [1.54, 1.807) is 30.5 Å². The fourth-order valence-electron chi connectivity index (χ4n) is 2.73. The molecule has 0 spiro atoms. The van der Waals surface area contributed by atoms with E-state index in [9.17, 15) is 9.59 Å². The Bertz CT molecular complexity index is 1000. The van der Waals surface area contributed by atoms with Gasteiger partial charge in [-0.25, -0.2) is 4.79 Å². The lowest BCUT2D eigenvalue weighted by Gasteiger charge is -2.10. The van der Waals surface area contributed by atoms with Crippen LogP contribution in [0.3, 0.4) is 0 Å². The fraction of sp³-hybridized carbons (Fsp3) is 0.136. The van der Waals surface area contributed by atoms with Crippen LogP contribution in [-0.2, 0) is 11.3 Å². The van der Waals surface area contributed by atoms with Gasteiger partial charge in [0.2, 0.25) is 0 Å². The van der Waals surface area contributed by atoms with Crippen molar-refractivity contribution < 1.29 is 14.3 Å². The maximum atomic E-state index is 12.5. The summed E-state index contributed by atoms with van der Waals surface area (Å²) in [5.41, 5.74) is 4.42. The first-order valence-corrected chi connectivity index (χ1v) is 8.80. The molecule has 6 nitrogen and oxygen atoms in total. The van der Waals surface area contributed by atoms with Crippen LogP contribution in [0.25, 0.3) is 0 Å². The molecule has 0 atom stereocenters. The number of amides is 1. The van der Waals surface area contributed by atoms with E-state index < -0.39 is 5.97 Å². The number of anilines is 2. The summed E-state index contributed by atoms with van der Waals surface area (Å²) in [5.74, 6) is -0.617. The smallest absolute Gasteiger partial charge is 0.337 e. The second-order valence-electron chi connectivity index (χ2n) is 6.27. The van der Waals surface area contributed by atoms with Crippen LogP contribution in [-0.4, -0.2) is 24.0 Å². The Morgan fingerprint density at radius 1 is 0.964 bits per heavy atom. The largest absolute Gasteiger partial charge is 0.465 e. The van der Waals surface area contributed by atoms with Crippen LogP contribution in [0.5, 0.6) is 0 Å². The first-order chi connectivity index (χ1) is 13.6. The molecule has 0 saturated carbocycles. The van der Waals surface area contributed by atoms with Crippen LogP contribution in [0.4, 0.5) is 11.4 Å². The van der Waals surface area contributed by atoms with Crippen LogP contribution >= 0.6 is 0 Å². The molecule has 0 aliphatic heterocycles. The number of methoxy groups -OCH3 is 1. The molecule has 1 aromatic heterocycles. The van der Waals surface area contributed by atoms with Crippen molar-refractivity contribution in [3.63, 3.8) is 0 Å². The molecular formula is C22H21N3O3. The molecule has 0 aliphatic rings. The summed E-state index contributed by atoms with van der Waals surface area (Å²) in [6.07, 6.45) is 3.13. The zero-order chi connectivity index (χ0) is 19.9. The number of aromatic nitrogens is 1. The zero-order valence-electron chi connectivity index (χ0n) is 15.7. The first kappa shape index (κ1) is 19.1. The number of esters is 1. The lowest BCUT2D eigenvalue weighted by molar-refractivity contribution is 0.0600. The van der Waals surface area contributed by atoms with Gasteiger partial charge in [0.15, 0.2) is 0 Å². The van der Waals surface area contributed by atoms with Crippen LogP contribution < -0.4 is 10.6 Å². The highest BCUT2D eigenvalue weighted by Gasteiger charge is 2.09. The van der Waals surface area contributed by atoms with Crippen LogP contribution in [0.2, 0.25) is 0 Å². The number of rotatable bonds is 6. The summed E-state index contributed by atoms with van der Waals surface area (Å²) in [6, 6.07) is 16.5. The molecule has 6 heteroatoms. The molecule has 2 N–H and O–H groups in total. The predicted molar refractivity (Wildman–Crippen MR) is 108 cm³/mol. The molecule has 3 rings (SSSR count). The minimum Gasteiger partial charge on any atom is -0.465 e. The number of benzene rings is 2. The summed E-state index contributed by atoms with van der Waals surface area (Å²) in [5, 5.41) is 6.06. The van der Waals surface area contributed by atoms with E-state index in [0.717, 1.165) is 11.1 Å². The van der Waals surface area contributed by atoms with E-state index in [0.29, 0.717) is 29.0 Å². The van der Waals surface area contributed by atoms with Gasteiger partial charge in [-0.2, -0.15) is 0 Å². The van der Waals surface area contributed by atoms with Crippen molar-refractivity contribution in [3.05, 3.63) is 89.2 Å². The van der Waals surface area contributed by atoms with Crippen molar-refractivity contribution in [3.8, 4) is 0 Å². The number of hydrogen-bond donors (Lipinski definition) is 2. The third-order valence-electron chi connectivity index (χ3n) is 4.27. The Morgan fingerprint density at radius 3 is 2.54 bits per heavy atom. The van der Waals surface area contributed by atoms with Gasteiger partial charge in [0.25, 0.3) is 5.91 Å². The fourth-order valence-corrected chi connectivity index (χ4v) is 2.73. The Kier molecular flexibility index (Phi) is 6.01. The predicted octanol–water partition coefficient (Wildman–Crippen LogP) is 3.85. The van der Waals surface area contributed by atoms with E-state index in [2.05, 4.69) is 15.6 Å². The summed E-state index contributed by atoms with van der Waals surface area (Å²) in [6.45, 7) is 2.46. The average molecular weight is 375 g/mol. The number of pyridine rings is 1. The Balaban J connectivity index is 1.69. The van der Waals surface area contributed by atoms with Crippen molar-refractivity contribution in [2.45, 2.75) is 13.5 Å². The highest BCUT2D eigenvalue weighted by Crippen LogP contribution is 2.18. The zero-order valence-corrected chi connectivity index (χ0v) is 15.7. The number of hydrogen-bond acceptors (Lipinski definition) is 5. The van der Waals surface area contributed by atoms with Gasteiger partial charge >= 0.3 is 5.97 Å². The Labute approximate surface area is 163 Å². The molecule has 28 heavy (non-hydrogen) atoms. The molecule has 1 amide bonds. The van der Waals surface area contributed by atoms with Gasteiger partial charge in [-0.3, -0.25) is 9.78 Å². The normalized spacial score (nSPS) is 10.2. The Morgan fingerprint density at radius 2 is 1.75 bits per heavy atom. The number of nitrogens with zero attached hydrogens (tertiary/aromatic N) is 1. The van der Waals surface area contributed by atoms with Gasteiger partial charge in [0, 0.05) is 18.4 Å². The lowest BCUT2D eigenvalue weighted by Crippen LogP contribution is -2.23. The standard InChI is InChI=1S/C22H21N3O3/c1-15-6-3-4-7-17(15)13-24-21(26)18-11-20(14-23-12-18)25-19-9-5-8-16(10-19)22(27)28-2/h3-12,14,25H,13H2,1-2H3,(H,24,26). The number of aryl methyl sites for hydroxylation is 1. The topological polar surface area (TPSA) is 80.3 Å². The summed E-state index contributed by atoms with van der Waals surface area (Å²) in [7, 11) is 1.34. The summed E-state index contributed by atoms with van der Waals surface area (Å²) >= 11 is 0. The minimum atomic E-state index is -0.411. The monoisotopic (exact) mass is 375 g/mol. The van der Waals surface area contributed by atoms with Crippen LogP contribution in [0.1, 0.15) is 31.8 Å². The van der Waals surface area contributed by atoms with E-state index >= 15 is 0 Å². The molecule has 0 unspecified atom stereocenters. The molecular weight excluding hydrogens is 354 g/mol. The maximum absolute atomic E-state index is 12.5. The lowest BCUT2D eigenvalue weighted by atomic mass is 10.1. The van der Waals surface area contributed by atoms with Gasteiger partial charge in [-0.15, -0.1) is 0 Å². The van der Waals surface area contributed by atoms with Gasteiger partial charge in [-0.1, -0.05) is 30.3 Å². The second-order valence-corrected chi connectivity index (χ2v) is 6.27. The van der Waals surface area contributed by atoms with Crippen LogP contribution in [0.15, 0.2) is 67.0 Å². The molecule has 142 valence electrons. The van der Waals surface area contributed by atoms with E-state index in [1.807, 2.05) is 37.3 Å². The number of carbonyl (C=O) groups excluding carboxylic acids is 2. The van der Waals surface area contributed by atoms with Gasteiger partial charge in [0.05, 0.1) is 30.1 Å². The molecule has 0 bridgehead atoms. The maximum Gasteiger partial charge on any atom is 0.337 e. The quantitative estimate of drug-likeness (QED) is 0.640. The third-order valence-corrected chi connectivity index (χ3v) is 4.27. The number of ether oxygens (including phenoxy) is 1. The van der Waals surface area contributed by atoms with Crippen molar-refractivity contribution in [2.75, 3.05) is 12.4 Å². The molecule has 3 aromatic rings. The highest BCUT2D eigenvalue weighted by molar-refractivity contribution is 5.95. The van der Waals surface area contributed by atoms with E-state index in [4.69, 9.17) is 4.74 Å². The molecule has 0 fully saturated rings. The highest BCUT2D eigenvalue weighted by atomic mass is 16.5. The third kappa shape index (κ3) is 4.73. The SMILES string of the molecule is COC(=O)c1cccc(Nc2cncc(C(=O)NCc3ccccc3C)c2)c1. The molecule has 1 heterocycles. The summed E-state index contributed by atoms with van der Waals surface area (Å²) < 4.78 is 4.73. The molecule has 0 radical (unpaired) electrons. The number of carbonyl (C=O) groups is 2. The van der Waals surface area contributed by atoms with Gasteiger partial charge in [0.1, 0.15) is 0 Å². The Hall–Kier alpha value is -3.67. The molecule has 0 saturated heterocycles. The second kappa shape index (κ2) is 8.81. The number of nitrogens with one attached hydrogen (secondary N) is 2. The minimum absolute atomic E-state index is 0.206. The molecule has 0 aliphatic carbocycles. The average Bonchev–Trinajstić information content (AvgIpc) is 2.72. The van der Waals surface area contributed by atoms with E-state index in [-0.39, 0.29) is 5.91 Å². The van der Waals surface area contributed by atoms with Gasteiger partial charge in [-0.05, 0) is 42.3 Å². The van der Waals surface area contributed by atoms with Crippen molar-refractivity contribution in [2.24, 2.45) is 0 Å². The van der Waals surface area contributed by atoms with Crippen molar-refractivity contribution in [1.29, 1.82) is 0 Å².